The monoisotopic (exact) mass is 231 g/mol. The molecule has 0 aliphatic carbocycles. The Bertz CT molecular complexity index is 589. The predicted octanol–water partition coefficient (Wildman–Crippen LogP) is 1.09. The molecule has 0 aliphatic rings. The maximum Gasteiger partial charge on any atom is 0.339 e. The van der Waals surface area contributed by atoms with Crippen LogP contribution in [-0.2, 0) is 0 Å². The lowest BCUT2D eigenvalue weighted by atomic mass is 10.3. The zero-order valence-corrected chi connectivity index (χ0v) is 8.99. The number of carbonyl (C=O) groups is 2. The van der Waals surface area contributed by atoms with Gasteiger partial charge in [-0.05, 0) is 19.1 Å². The third-order valence-electron chi connectivity index (χ3n) is 2.24. The van der Waals surface area contributed by atoms with Gasteiger partial charge in [0, 0.05) is 6.20 Å². The van der Waals surface area contributed by atoms with Crippen LogP contribution in [0.25, 0.3) is 5.82 Å². The number of rotatable bonds is 3. The fraction of sp³-hybridized carbons (Fsp3) is 0.0909. The molecule has 0 saturated carbocycles. The van der Waals surface area contributed by atoms with E-state index >= 15 is 0 Å². The Morgan fingerprint density at radius 2 is 2.24 bits per heavy atom. The molecule has 0 fully saturated rings. The van der Waals surface area contributed by atoms with Crippen LogP contribution in [-0.4, -0.2) is 32.1 Å². The maximum atomic E-state index is 10.9. The second kappa shape index (κ2) is 4.17. The normalized spacial score (nSPS) is 10.2. The molecule has 0 atom stereocenters. The fourth-order valence-corrected chi connectivity index (χ4v) is 1.42. The molecule has 0 aromatic carbocycles. The van der Waals surface area contributed by atoms with Crippen molar-refractivity contribution in [3.05, 3.63) is 41.3 Å². The molecule has 0 saturated heterocycles. The van der Waals surface area contributed by atoms with Gasteiger partial charge in [-0.2, -0.15) is 5.10 Å². The first-order chi connectivity index (χ1) is 8.11. The van der Waals surface area contributed by atoms with Gasteiger partial charge in [-0.3, -0.25) is 4.79 Å². The minimum absolute atomic E-state index is 0.114. The van der Waals surface area contributed by atoms with Crippen molar-refractivity contribution in [3.63, 3.8) is 0 Å². The average Bonchev–Trinajstić information content (AvgIpc) is 2.71. The van der Waals surface area contributed by atoms with Gasteiger partial charge in [0.2, 0.25) is 0 Å². The Hall–Kier alpha value is -2.50. The molecule has 0 bridgehead atoms. The molecule has 2 rings (SSSR count). The van der Waals surface area contributed by atoms with Crippen LogP contribution in [0.1, 0.15) is 26.5 Å². The third kappa shape index (κ3) is 2.05. The summed E-state index contributed by atoms with van der Waals surface area (Å²) in [7, 11) is 0. The van der Waals surface area contributed by atoms with E-state index in [1.54, 1.807) is 25.1 Å². The largest absolute Gasteiger partial charge is 0.478 e. The van der Waals surface area contributed by atoms with Crippen LogP contribution in [0.15, 0.2) is 24.4 Å². The molecule has 0 spiro atoms. The summed E-state index contributed by atoms with van der Waals surface area (Å²) in [6.07, 6.45) is 1.99. The number of nitrogens with zero attached hydrogens (tertiary/aromatic N) is 3. The van der Waals surface area contributed by atoms with E-state index in [4.69, 9.17) is 5.11 Å². The lowest BCUT2D eigenvalue weighted by molar-refractivity contribution is 0.0696. The highest BCUT2D eigenvalue weighted by Crippen LogP contribution is 2.10. The molecule has 6 heteroatoms. The minimum Gasteiger partial charge on any atom is -0.478 e. The smallest absolute Gasteiger partial charge is 0.339 e. The second-order valence-corrected chi connectivity index (χ2v) is 3.42. The van der Waals surface area contributed by atoms with Crippen molar-refractivity contribution in [2.75, 3.05) is 0 Å². The molecule has 0 aliphatic heterocycles. The Balaban J connectivity index is 2.49. The van der Waals surface area contributed by atoms with E-state index in [0.717, 1.165) is 0 Å². The second-order valence-electron chi connectivity index (χ2n) is 3.42. The van der Waals surface area contributed by atoms with Crippen molar-refractivity contribution in [3.8, 4) is 5.82 Å². The van der Waals surface area contributed by atoms with Crippen LogP contribution in [0.3, 0.4) is 0 Å². The van der Waals surface area contributed by atoms with Crippen molar-refractivity contribution >= 4 is 12.3 Å². The van der Waals surface area contributed by atoms with Crippen molar-refractivity contribution in [1.82, 2.24) is 14.8 Å². The van der Waals surface area contributed by atoms with Crippen molar-refractivity contribution in [2.24, 2.45) is 0 Å². The molecule has 1 N–H and O–H groups in total. The van der Waals surface area contributed by atoms with E-state index in [1.165, 1.54) is 10.9 Å². The Morgan fingerprint density at radius 1 is 1.47 bits per heavy atom. The number of carbonyl (C=O) groups excluding carboxylic acids is 1. The molecular formula is C11H9N3O3. The molecule has 0 unspecified atom stereocenters. The van der Waals surface area contributed by atoms with E-state index in [0.29, 0.717) is 17.8 Å². The highest BCUT2D eigenvalue weighted by atomic mass is 16.4. The van der Waals surface area contributed by atoms with Crippen LogP contribution < -0.4 is 0 Å². The molecule has 0 radical (unpaired) electrons. The van der Waals surface area contributed by atoms with Crippen LogP contribution in [0.2, 0.25) is 0 Å². The SMILES string of the molecule is Cc1nn(-c2cccc(C=O)n2)cc1C(=O)O. The summed E-state index contributed by atoms with van der Waals surface area (Å²) in [5, 5.41) is 12.9. The van der Waals surface area contributed by atoms with Gasteiger partial charge in [-0.25, -0.2) is 14.5 Å². The number of aromatic nitrogens is 3. The van der Waals surface area contributed by atoms with E-state index in [-0.39, 0.29) is 11.3 Å². The Kier molecular flexibility index (Phi) is 2.70. The summed E-state index contributed by atoms with van der Waals surface area (Å²) >= 11 is 0. The topological polar surface area (TPSA) is 85.1 Å². The first-order valence-electron chi connectivity index (χ1n) is 4.84. The summed E-state index contributed by atoms with van der Waals surface area (Å²) in [6, 6.07) is 4.86. The summed E-state index contributed by atoms with van der Waals surface area (Å²) < 4.78 is 1.34. The summed E-state index contributed by atoms with van der Waals surface area (Å²) in [5.41, 5.74) is 0.784. The van der Waals surface area contributed by atoms with Gasteiger partial charge in [0.05, 0.1) is 5.69 Å². The molecule has 6 nitrogen and oxygen atoms in total. The van der Waals surface area contributed by atoms with Crippen molar-refractivity contribution in [1.29, 1.82) is 0 Å². The number of aldehydes is 1. The van der Waals surface area contributed by atoms with Gasteiger partial charge in [0.25, 0.3) is 0 Å². The van der Waals surface area contributed by atoms with E-state index < -0.39 is 5.97 Å². The number of pyridine rings is 1. The summed E-state index contributed by atoms with van der Waals surface area (Å²) in [5.74, 6) is -0.634. The van der Waals surface area contributed by atoms with E-state index in [9.17, 15) is 9.59 Å². The van der Waals surface area contributed by atoms with E-state index in [1.807, 2.05) is 0 Å². The summed E-state index contributed by atoms with van der Waals surface area (Å²) in [4.78, 5) is 25.5. The molecule has 2 heterocycles. The number of aryl methyl sites for hydroxylation is 1. The van der Waals surface area contributed by atoms with Gasteiger partial charge in [0.15, 0.2) is 12.1 Å². The van der Waals surface area contributed by atoms with Crippen molar-refractivity contribution in [2.45, 2.75) is 6.92 Å². The molecule has 17 heavy (non-hydrogen) atoms. The van der Waals surface area contributed by atoms with Gasteiger partial charge in [-0.1, -0.05) is 6.07 Å². The van der Waals surface area contributed by atoms with E-state index in [2.05, 4.69) is 10.1 Å². The minimum atomic E-state index is -1.04. The lowest BCUT2D eigenvalue weighted by Crippen LogP contribution is -2.00. The van der Waals surface area contributed by atoms with Gasteiger partial charge >= 0.3 is 5.97 Å². The molecular weight excluding hydrogens is 222 g/mol. The Morgan fingerprint density at radius 3 is 2.82 bits per heavy atom. The fourth-order valence-electron chi connectivity index (χ4n) is 1.42. The van der Waals surface area contributed by atoms with Crippen molar-refractivity contribution < 1.29 is 14.7 Å². The zero-order chi connectivity index (χ0) is 12.4. The van der Waals surface area contributed by atoms with Crippen LogP contribution in [0.4, 0.5) is 0 Å². The van der Waals surface area contributed by atoms with Crippen LogP contribution in [0.5, 0.6) is 0 Å². The lowest BCUT2D eigenvalue weighted by Gasteiger charge is -1.99. The number of carboxylic acids is 1. The number of aromatic carboxylic acids is 1. The standard InChI is InChI=1S/C11H9N3O3/c1-7-9(11(16)17)5-14(13-7)10-4-2-3-8(6-15)12-10/h2-6H,1H3,(H,16,17). The zero-order valence-electron chi connectivity index (χ0n) is 8.99. The highest BCUT2D eigenvalue weighted by molar-refractivity contribution is 5.88. The average molecular weight is 231 g/mol. The summed E-state index contributed by atoms with van der Waals surface area (Å²) in [6.45, 7) is 1.60. The first-order valence-corrected chi connectivity index (χ1v) is 4.84. The van der Waals surface area contributed by atoms with Crippen LogP contribution in [0, 0.1) is 6.92 Å². The van der Waals surface area contributed by atoms with Crippen LogP contribution >= 0.6 is 0 Å². The first kappa shape index (κ1) is 11.0. The number of carboxylic acid groups (broad SMARTS) is 1. The molecule has 2 aromatic heterocycles. The Labute approximate surface area is 96.5 Å². The van der Waals surface area contributed by atoms with Gasteiger partial charge in [-0.15, -0.1) is 0 Å². The quantitative estimate of drug-likeness (QED) is 0.799. The molecule has 86 valence electrons. The highest BCUT2D eigenvalue weighted by Gasteiger charge is 2.13. The number of hydrogen-bond donors (Lipinski definition) is 1. The van der Waals surface area contributed by atoms with Gasteiger partial charge < -0.3 is 5.11 Å². The maximum absolute atomic E-state index is 10.9. The molecule has 2 aromatic rings. The third-order valence-corrected chi connectivity index (χ3v) is 2.24. The number of hydrogen-bond acceptors (Lipinski definition) is 4. The molecule has 0 amide bonds. The predicted molar refractivity (Wildman–Crippen MR) is 58.4 cm³/mol. The van der Waals surface area contributed by atoms with Gasteiger partial charge in [0.1, 0.15) is 11.3 Å².